The summed E-state index contributed by atoms with van der Waals surface area (Å²) >= 11 is 0. The first-order valence-corrected chi connectivity index (χ1v) is 5.63. The van der Waals surface area contributed by atoms with E-state index in [4.69, 9.17) is 0 Å². The van der Waals surface area contributed by atoms with Crippen molar-refractivity contribution in [3.05, 3.63) is 47.3 Å². The second-order valence-corrected chi connectivity index (χ2v) is 3.95. The lowest BCUT2D eigenvalue weighted by Gasteiger charge is -2.06. The van der Waals surface area contributed by atoms with Crippen LogP contribution in [0.4, 0.5) is 0 Å². The number of ketones is 1. The summed E-state index contributed by atoms with van der Waals surface area (Å²) in [5, 5.41) is 0. The van der Waals surface area contributed by atoms with Gasteiger partial charge in [-0.3, -0.25) is 9.78 Å². The summed E-state index contributed by atoms with van der Waals surface area (Å²) < 4.78 is 1.83. The summed E-state index contributed by atoms with van der Waals surface area (Å²) in [7, 11) is 0. The zero-order valence-corrected chi connectivity index (χ0v) is 10.3. The van der Waals surface area contributed by atoms with E-state index < -0.39 is 0 Å². The fourth-order valence-corrected chi connectivity index (χ4v) is 1.82. The number of imidazole rings is 1. The summed E-state index contributed by atoms with van der Waals surface area (Å²) in [6.45, 7) is 6.48. The Balaban J connectivity index is 2.44. The Hall–Kier alpha value is -1.97. The van der Waals surface area contributed by atoms with Gasteiger partial charge in [-0.25, -0.2) is 4.98 Å². The van der Waals surface area contributed by atoms with E-state index in [-0.39, 0.29) is 5.78 Å². The minimum Gasteiger partial charge on any atom is -0.328 e. The van der Waals surface area contributed by atoms with Crippen LogP contribution in [0.2, 0.25) is 0 Å². The van der Waals surface area contributed by atoms with Gasteiger partial charge in [-0.1, -0.05) is 0 Å². The second kappa shape index (κ2) is 4.49. The molecular formula is C13H15N3O. The zero-order chi connectivity index (χ0) is 12.4. The number of aromatic nitrogens is 3. The molecule has 0 bridgehead atoms. The highest BCUT2D eigenvalue weighted by Crippen LogP contribution is 2.12. The molecule has 0 aliphatic heterocycles. The van der Waals surface area contributed by atoms with Gasteiger partial charge in [0.15, 0.2) is 5.82 Å². The molecule has 17 heavy (non-hydrogen) atoms. The molecule has 0 saturated heterocycles. The molecule has 2 rings (SSSR count). The monoisotopic (exact) mass is 229 g/mol. The van der Waals surface area contributed by atoms with Gasteiger partial charge in [-0.2, -0.15) is 0 Å². The van der Waals surface area contributed by atoms with Crippen LogP contribution in [0.3, 0.4) is 0 Å². The van der Waals surface area contributed by atoms with Crippen molar-refractivity contribution in [1.82, 2.24) is 14.5 Å². The fraction of sp³-hybridized carbons (Fsp3) is 0.308. The summed E-state index contributed by atoms with van der Waals surface area (Å²) in [6, 6.07) is 3.66. The van der Waals surface area contributed by atoms with Gasteiger partial charge in [0.25, 0.3) is 0 Å². The van der Waals surface area contributed by atoms with Crippen LogP contribution in [0.5, 0.6) is 0 Å². The van der Waals surface area contributed by atoms with Crippen LogP contribution in [-0.4, -0.2) is 20.3 Å². The number of carbonyl (C=O) groups is 1. The number of rotatable bonds is 3. The van der Waals surface area contributed by atoms with Crippen molar-refractivity contribution in [2.45, 2.75) is 27.3 Å². The van der Waals surface area contributed by atoms with Crippen LogP contribution in [0.1, 0.15) is 34.5 Å². The van der Waals surface area contributed by atoms with Gasteiger partial charge in [0.2, 0.25) is 5.78 Å². The molecule has 2 heterocycles. The van der Waals surface area contributed by atoms with E-state index in [2.05, 4.69) is 9.97 Å². The molecule has 0 saturated carbocycles. The molecule has 4 nitrogen and oxygen atoms in total. The van der Waals surface area contributed by atoms with Crippen LogP contribution in [0.25, 0.3) is 0 Å². The molecule has 88 valence electrons. The maximum absolute atomic E-state index is 12.3. The Labute approximate surface area is 100 Å². The molecular weight excluding hydrogens is 214 g/mol. The van der Waals surface area contributed by atoms with E-state index >= 15 is 0 Å². The molecule has 2 aromatic heterocycles. The van der Waals surface area contributed by atoms with Crippen LogP contribution in [-0.2, 0) is 6.54 Å². The summed E-state index contributed by atoms with van der Waals surface area (Å²) in [4.78, 5) is 20.7. The number of hydrogen-bond acceptors (Lipinski definition) is 3. The summed E-state index contributed by atoms with van der Waals surface area (Å²) in [6.07, 6.45) is 3.46. The lowest BCUT2D eigenvalue weighted by Crippen LogP contribution is -2.12. The van der Waals surface area contributed by atoms with Crippen LogP contribution in [0, 0.1) is 13.8 Å². The molecule has 0 atom stereocenters. The number of carbonyl (C=O) groups excluding carboxylic acids is 1. The van der Waals surface area contributed by atoms with Crippen LogP contribution < -0.4 is 0 Å². The van der Waals surface area contributed by atoms with Gasteiger partial charge >= 0.3 is 0 Å². The Morgan fingerprint density at radius 2 is 2.12 bits per heavy atom. The third kappa shape index (κ3) is 2.11. The van der Waals surface area contributed by atoms with Gasteiger partial charge in [-0.05, 0) is 32.9 Å². The first kappa shape index (κ1) is 11.5. The van der Waals surface area contributed by atoms with Gasteiger partial charge in [0, 0.05) is 35.9 Å². The molecule has 0 radical (unpaired) electrons. The smallest absolute Gasteiger partial charge is 0.230 e. The summed E-state index contributed by atoms with van der Waals surface area (Å²) in [5.74, 6) is 0.406. The van der Waals surface area contributed by atoms with Crippen molar-refractivity contribution in [3.63, 3.8) is 0 Å². The lowest BCUT2D eigenvalue weighted by atomic mass is 10.1. The second-order valence-electron chi connectivity index (χ2n) is 3.95. The third-order valence-electron chi connectivity index (χ3n) is 2.73. The first-order chi connectivity index (χ1) is 8.13. The quantitative estimate of drug-likeness (QED) is 0.758. The highest BCUT2D eigenvalue weighted by atomic mass is 16.1. The molecule has 0 spiro atoms. The molecule has 0 aliphatic rings. The van der Waals surface area contributed by atoms with Crippen molar-refractivity contribution in [3.8, 4) is 0 Å². The molecule has 0 aliphatic carbocycles. The number of hydrogen-bond donors (Lipinski definition) is 0. The predicted molar refractivity (Wildman–Crippen MR) is 65.0 cm³/mol. The number of nitrogens with zero attached hydrogens (tertiary/aromatic N) is 3. The van der Waals surface area contributed by atoms with Gasteiger partial charge in [0.05, 0.1) is 0 Å². The molecule has 0 aromatic carbocycles. The van der Waals surface area contributed by atoms with E-state index in [0.29, 0.717) is 11.4 Å². The van der Waals surface area contributed by atoms with Crippen LogP contribution >= 0.6 is 0 Å². The highest BCUT2D eigenvalue weighted by molar-refractivity contribution is 6.07. The Bertz CT molecular complexity index is 558. The fourth-order valence-electron chi connectivity index (χ4n) is 1.82. The Kier molecular flexibility index (Phi) is 3.04. The minimum absolute atomic E-state index is 0.0677. The molecule has 0 unspecified atom stereocenters. The van der Waals surface area contributed by atoms with Crippen molar-refractivity contribution < 1.29 is 4.79 Å². The minimum atomic E-state index is -0.0677. The SMILES string of the molecule is CCn1ccnc1C(=O)c1ccc(C)nc1C. The maximum Gasteiger partial charge on any atom is 0.230 e. The van der Waals surface area contributed by atoms with Gasteiger partial charge in [0.1, 0.15) is 0 Å². The number of pyridine rings is 1. The Morgan fingerprint density at radius 1 is 1.35 bits per heavy atom. The van der Waals surface area contributed by atoms with E-state index in [9.17, 15) is 4.79 Å². The van der Waals surface area contributed by atoms with E-state index in [1.165, 1.54) is 0 Å². The van der Waals surface area contributed by atoms with Crippen molar-refractivity contribution in [1.29, 1.82) is 0 Å². The number of aryl methyl sites for hydroxylation is 3. The van der Waals surface area contributed by atoms with Gasteiger partial charge in [-0.15, -0.1) is 0 Å². The molecule has 2 aromatic rings. The maximum atomic E-state index is 12.3. The van der Waals surface area contributed by atoms with Crippen LogP contribution in [0.15, 0.2) is 24.5 Å². The van der Waals surface area contributed by atoms with Gasteiger partial charge < -0.3 is 4.57 Å². The highest BCUT2D eigenvalue weighted by Gasteiger charge is 2.17. The van der Waals surface area contributed by atoms with E-state index in [1.807, 2.05) is 43.7 Å². The van der Waals surface area contributed by atoms with E-state index in [1.54, 1.807) is 6.20 Å². The average Bonchev–Trinajstić information content (AvgIpc) is 2.76. The normalized spacial score (nSPS) is 10.5. The van der Waals surface area contributed by atoms with Crippen molar-refractivity contribution >= 4 is 5.78 Å². The largest absolute Gasteiger partial charge is 0.328 e. The standard InChI is InChI=1S/C13H15N3O/c1-4-16-8-7-14-13(16)12(17)11-6-5-9(2)15-10(11)3/h5-8H,4H2,1-3H3. The topological polar surface area (TPSA) is 47.8 Å². The predicted octanol–water partition coefficient (Wildman–Crippen LogP) is 2.15. The van der Waals surface area contributed by atoms with Crippen molar-refractivity contribution in [2.75, 3.05) is 0 Å². The zero-order valence-electron chi connectivity index (χ0n) is 10.3. The first-order valence-electron chi connectivity index (χ1n) is 5.63. The van der Waals surface area contributed by atoms with E-state index in [0.717, 1.165) is 17.9 Å². The summed E-state index contributed by atoms with van der Waals surface area (Å²) in [5.41, 5.74) is 2.29. The molecule has 0 fully saturated rings. The molecule has 0 amide bonds. The average molecular weight is 229 g/mol. The molecule has 0 N–H and O–H groups in total. The molecule has 4 heteroatoms. The van der Waals surface area contributed by atoms with Crippen molar-refractivity contribution in [2.24, 2.45) is 0 Å². The lowest BCUT2D eigenvalue weighted by molar-refractivity contribution is 0.102. The Morgan fingerprint density at radius 3 is 2.76 bits per heavy atom. The third-order valence-corrected chi connectivity index (χ3v) is 2.73.